The van der Waals surface area contributed by atoms with Gasteiger partial charge in [-0.2, -0.15) is 18.4 Å². The van der Waals surface area contributed by atoms with E-state index in [0.717, 1.165) is 12.8 Å². The molecule has 6 heteroatoms. The van der Waals surface area contributed by atoms with Gasteiger partial charge in [0.2, 0.25) is 0 Å². The maximum absolute atomic E-state index is 12.4. The molecule has 0 radical (unpaired) electrons. The molecule has 104 valence electrons. The van der Waals surface area contributed by atoms with Crippen LogP contribution in [0.25, 0.3) is 0 Å². The topological polar surface area (TPSA) is 39.1 Å². The van der Waals surface area contributed by atoms with Crippen molar-refractivity contribution in [1.29, 1.82) is 5.26 Å². The highest BCUT2D eigenvalue weighted by Gasteiger charge is 2.38. The zero-order valence-electron chi connectivity index (χ0n) is 10.8. The fourth-order valence-electron chi connectivity index (χ4n) is 2.00. The van der Waals surface area contributed by atoms with Crippen LogP contribution in [-0.2, 0) is 0 Å². The first-order valence-corrected chi connectivity index (χ1v) is 6.27. The largest absolute Gasteiger partial charge is 0.401 e. The quantitative estimate of drug-likeness (QED) is 0.766. The van der Waals surface area contributed by atoms with Crippen LogP contribution in [0.5, 0.6) is 0 Å². The summed E-state index contributed by atoms with van der Waals surface area (Å²) in [4.78, 5) is 1.45. The van der Waals surface area contributed by atoms with Gasteiger partial charge >= 0.3 is 6.18 Å². The molecule has 0 aromatic carbocycles. The van der Waals surface area contributed by atoms with E-state index in [1.165, 1.54) is 4.90 Å². The zero-order valence-corrected chi connectivity index (χ0v) is 10.8. The molecule has 1 fully saturated rings. The van der Waals surface area contributed by atoms with Gasteiger partial charge in [-0.15, -0.1) is 0 Å². The van der Waals surface area contributed by atoms with Crippen LogP contribution in [0, 0.1) is 11.3 Å². The monoisotopic (exact) mass is 263 g/mol. The fraction of sp³-hybridized carbons (Fsp3) is 0.917. The number of nitrogens with zero attached hydrogens (tertiary/aromatic N) is 2. The van der Waals surface area contributed by atoms with Gasteiger partial charge in [-0.1, -0.05) is 6.92 Å². The van der Waals surface area contributed by atoms with Gasteiger partial charge in [0.1, 0.15) is 5.54 Å². The lowest BCUT2D eigenvalue weighted by Crippen LogP contribution is -2.45. The molecule has 0 bridgehead atoms. The summed E-state index contributed by atoms with van der Waals surface area (Å²) in [6, 6.07) is 2.19. The zero-order chi connectivity index (χ0) is 13.8. The number of nitrogens with one attached hydrogen (secondary N) is 1. The molecule has 1 unspecified atom stereocenters. The summed E-state index contributed by atoms with van der Waals surface area (Å²) >= 11 is 0. The predicted molar refractivity (Wildman–Crippen MR) is 63.0 cm³/mol. The van der Waals surface area contributed by atoms with E-state index in [1.54, 1.807) is 6.92 Å². The SMILES string of the molecule is CCNC(C)(C#N)CCN(CC(F)(F)F)C1CC1. The van der Waals surface area contributed by atoms with Crippen LogP contribution in [-0.4, -0.2) is 42.3 Å². The summed E-state index contributed by atoms with van der Waals surface area (Å²) in [6.07, 6.45) is -2.09. The van der Waals surface area contributed by atoms with Gasteiger partial charge in [-0.05, 0) is 32.7 Å². The summed E-state index contributed by atoms with van der Waals surface area (Å²) in [5.74, 6) is 0. The Bertz CT molecular complexity index is 307. The maximum Gasteiger partial charge on any atom is 0.401 e. The second-order valence-corrected chi connectivity index (χ2v) is 5.04. The molecule has 1 aliphatic rings. The first-order chi connectivity index (χ1) is 8.29. The van der Waals surface area contributed by atoms with Crippen LogP contribution in [0.15, 0.2) is 0 Å². The Hall–Kier alpha value is -0.800. The van der Waals surface area contributed by atoms with Crippen LogP contribution < -0.4 is 5.32 Å². The molecule has 1 N–H and O–H groups in total. The van der Waals surface area contributed by atoms with Gasteiger partial charge in [-0.25, -0.2) is 0 Å². The van der Waals surface area contributed by atoms with E-state index in [4.69, 9.17) is 5.26 Å². The summed E-state index contributed by atoms with van der Waals surface area (Å²) in [5.41, 5.74) is -0.743. The summed E-state index contributed by atoms with van der Waals surface area (Å²) in [5, 5.41) is 12.1. The van der Waals surface area contributed by atoms with E-state index in [9.17, 15) is 13.2 Å². The molecule has 0 saturated heterocycles. The van der Waals surface area contributed by atoms with Crippen LogP contribution in [0.2, 0.25) is 0 Å². The van der Waals surface area contributed by atoms with Crippen molar-refractivity contribution in [3.05, 3.63) is 0 Å². The smallest absolute Gasteiger partial charge is 0.300 e. The van der Waals surface area contributed by atoms with Crippen molar-refractivity contribution in [3.63, 3.8) is 0 Å². The summed E-state index contributed by atoms with van der Waals surface area (Å²) in [6.45, 7) is 3.68. The second kappa shape index (κ2) is 5.89. The lowest BCUT2D eigenvalue weighted by atomic mass is 9.99. The molecule has 0 spiro atoms. The predicted octanol–water partition coefficient (Wildman–Crippen LogP) is 2.29. The number of hydrogen-bond donors (Lipinski definition) is 1. The number of alkyl halides is 3. The van der Waals surface area contributed by atoms with E-state index < -0.39 is 18.3 Å². The first-order valence-electron chi connectivity index (χ1n) is 6.27. The Morgan fingerprint density at radius 1 is 1.39 bits per heavy atom. The Kier molecular flexibility index (Phi) is 5.00. The molecule has 0 heterocycles. The molecule has 0 amide bonds. The Morgan fingerprint density at radius 2 is 2.00 bits per heavy atom. The van der Waals surface area contributed by atoms with Crippen LogP contribution in [0.3, 0.4) is 0 Å². The molecule has 18 heavy (non-hydrogen) atoms. The minimum absolute atomic E-state index is 0.0520. The normalized spacial score (nSPS) is 19.6. The van der Waals surface area contributed by atoms with Crippen molar-refractivity contribution in [2.75, 3.05) is 19.6 Å². The molecule has 1 rings (SSSR count). The third-order valence-electron chi connectivity index (χ3n) is 3.16. The average Bonchev–Trinajstić information content (AvgIpc) is 3.07. The standard InChI is InChI=1S/C12H20F3N3/c1-3-17-11(2,8-16)6-7-18(10-4-5-10)9-12(13,14)15/h10,17H,3-7,9H2,1-2H3. The highest BCUT2D eigenvalue weighted by molar-refractivity contribution is 5.04. The van der Waals surface area contributed by atoms with Gasteiger partial charge in [0.15, 0.2) is 0 Å². The van der Waals surface area contributed by atoms with Gasteiger partial charge in [-0.3, -0.25) is 10.2 Å². The Balaban J connectivity index is 2.49. The van der Waals surface area contributed by atoms with Crippen LogP contribution in [0.4, 0.5) is 13.2 Å². The molecular formula is C12H20F3N3. The number of hydrogen-bond acceptors (Lipinski definition) is 3. The minimum Gasteiger partial charge on any atom is -0.300 e. The van der Waals surface area contributed by atoms with Crippen molar-refractivity contribution in [3.8, 4) is 6.07 Å². The number of halogens is 3. The molecule has 1 saturated carbocycles. The van der Waals surface area contributed by atoms with E-state index in [-0.39, 0.29) is 6.04 Å². The van der Waals surface area contributed by atoms with Gasteiger partial charge in [0.25, 0.3) is 0 Å². The van der Waals surface area contributed by atoms with Gasteiger partial charge in [0.05, 0.1) is 12.6 Å². The molecule has 0 aromatic heterocycles. The highest BCUT2D eigenvalue weighted by atomic mass is 19.4. The fourth-order valence-corrected chi connectivity index (χ4v) is 2.00. The molecule has 1 atom stereocenters. The lowest BCUT2D eigenvalue weighted by molar-refractivity contribution is -0.147. The number of nitriles is 1. The third kappa shape index (κ3) is 5.23. The Morgan fingerprint density at radius 3 is 2.39 bits per heavy atom. The van der Waals surface area contributed by atoms with Crippen molar-refractivity contribution in [1.82, 2.24) is 10.2 Å². The first kappa shape index (κ1) is 15.3. The van der Waals surface area contributed by atoms with Crippen LogP contribution in [0.1, 0.15) is 33.1 Å². The lowest BCUT2D eigenvalue weighted by Gasteiger charge is -2.28. The van der Waals surface area contributed by atoms with Crippen molar-refractivity contribution in [2.45, 2.75) is 50.9 Å². The van der Waals surface area contributed by atoms with Crippen LogP contribution >= 0.6 is 0 Å². The van der Waals surface area contributed by atoms with E-state index in [1.807, 2.05) is 6.92 Å². The van der Waals surface area contributed by atoms with E-state index in [0.29, 0.717) is 19.5 Å². The molecule has 3 nitrogen and oxygen atoms in total. The minimum atomic E-state index is -4.16. The molecule has 1 aliphatic carbocycles. The third-order valence-corrected chi connectivity index (χ3v) is 3.16. The maximum atomic E-state index is 12.4. The van der Waals surface area contributed by atoms with Crippen molar-refractivity contribution >= 4 is 0 Å². The van der Waals surface area contributed by atoms with E-state index in [2.05, 4.69) is 11.4 Å². The van der Waals surface area contributed by atoms with Crippen molar-refractivity contribution < 1.29 is 13.2 Å². The number of rotatable bonds is 7. The molecular weight excluding hydrogens is 243 g/mol. The van der Waals surface area contributed by atoms with Gasteiger partial charge in [0, 0.05) is 12.6 Å². The average molecular weight is 263 g/mol. The van der Waals surface area contributed by atoms with E-state index >= 15 is 0 Å². The highest BCUT2D eigenvalue weighted by Crippen LogP contribution is 2.30. The molecule has 0 aromatic rings. The van der Waals surface area contributed by atoms with Gasteiger partial charge < -0.3 is 0 Å². The second-order valence-electron chi connectivity index (χ2n) is 5.04. The summed E-state index contributed by atoms with van der Waals surface area (Å²) < 4.78 is 37.3. The Labute approximate surface area is 106 Å². The molecule has 0 aliphatic heterocycles. The van der Waals surface area contributed by atoms with Crippen molar-refractivity contribution in [2.24, 2.45) is 0 Å². The summed E-state index contributed by atoms with van der Waals surface area (Å²) in [7, 11) is 0.